The van der Waals surface area contributed by atoms with Gasteiger partial charge in [0.15, 0.2) is 0 Å². The van der Waals surface area contributed by atoms with Gasteiger partial charge in [-0.2, -0.15) is 0 Å². The van der Waals surface area contributed by atoms with Crippen LogP contribution >= 0.6 is 0 Å². The van der Waals surface area contributed by atoms with E-state index in [1.165, 1.54) is 0 Å². The maximum atomic E-state index is 12.5. The lowest BCUT2D eigenvalue weighted by Gasteiger charge is -2.06. The number of para-hydroxylation sites is 1. The minimum atomic E-state index is -0.116. The largest absolute Gasteiger partial charge is 0.497 e. The van der Waals surface area contributed by atoms with Crippen molar-refractivity contribution in [2.45, 2.75) is 6.92 Å². The van der Waals surface area contributed by atoms with Crippen LogP contribution in [-0.4, -0.2) is 18.0 Å². The van der Waals surface area contributed by atoms with Crippen LogP contribution in [0.1, 0.15) is 16.1 Å². The van der Waals surface area contributed by atoms with Crippen LogP contribution < -0.4 is 10.1 Å². The highest BCUT2D eigenvalue weighted by Gasteiger charge is 2.15. The van der Waals surface area contributed by atoms with Gasteiger partial charge in [0.1, 0.15) is 5.75 Å². The molecule has 0 bridgehead atoms. The SMILES string of the molecule is COc1ccc(NC(=O)c2c(C)[nH]c3ccccc23)cc1. The number of anilines is 1. The average Bonchev–Trinajstić information content (AvgIpc) is 2.83. The molecule has 4 nitrogen and oxygen atoms in total. The molecule has 3 aromatic rings. The van der Waals surface area contributed by atoms with Gasteiger partial charge < -0.3 is 15.0 Å². The normalized spacial score (nSPS) is 10.6. The molecule has 0 radical (unpaired) electrons. The molecule has 0 fully saturated rings. The third kappa shape index (κ3) is 2.48. The highest BCUT2D eigenvalue weighted by Crippen LogP contribution is 2.23. The molecular weight excluding hydrogens is 264 g/mol. The molecule has 0 atom stereocenters. The molecule has 21 heavy (non-hydrogen) atoms. The number of aryl methyl sites for hydroxylation is 1. The Hall–Kier alpha value is -2.75. The molecule has 1 heterocycles. The number of aromatic nitrogens is 1. The number of nitrogens with one attached hydrogen (secondary N) is 2. The van der Waals surface area contributed by atoms with Crippen LogP contribution in [0.5, 0.6) is 5.75 Å². The lowest BCUT2D eigenvalue weighted by Crippen LogP contribution is -2.12. The highest BCUT2D eigenvalue weighted by molar-refractivity contribution is 6.13. The number of rotatable bonds is 3. The Balaban J connectivity index is 1.91. The van der Waals surface area contributed by atoms with E-state index in [1.54, 1.807) is 7.11 Å². The van der Waals surface area contributed by atoms with Crippen molar-refractivity contribution < 1.29 is 9.53 Å². The summed E-state index contributed by atoms with van der Waals surface area (Å²) in [4.78, 5) is 15.7. The number of methoxy groups -OCH3 is 1. The van der Waals surface area contributed by atoms with Gasteiger partial charge in [0.25, 0.3) is 5.91 Å². The van der Waals surface area contributed by atoms with Crippen molar-refractivity contribution in [1.82, 2.24) is 4.98 Å². The quantitative estimate of drug-likeness (QED) is 0.768. The van der Waals surface area contributed by atoms with Gasteiger partial charge in [-0.3, -0.25) is 4.79 Å². The second-order valence-corrected chi connectivity index (χ2v) is 4.85. The van der Waals surface area contributed by atoms with Crippen LogP contribution in [0, 0.1) is 6.92 Å². The second kappa shape index (κ2) is 5.32. The number of amides is 1. The molecule has 0 aliphatic heterocycles. The Morgan fingerprint density at radius 2 is 1.81 bits per heavy atom. The molecule has 0 unspecified atom stereocenters. The van der Waals surface area contributed by atoms with Crippen molar-refractivity contribution in [2.24, 2.45) is 0 Å². The van der Waals surface area contributed by atoms with Gasteiger partial charge in [0, 0.05) is 22.3 Å². The topological polar surface area (TPSA) is 54.1 Å². The molecule has 0 aliphatic rings. The zero-order chi connectivity index (χ0) is 14.8. The summed E-state index contributed by atoms with van der Waals surface area (Å²) in [6.07, 6.45) is 0. The summed E-state index contributed by atoms with van der Waals surface area (Å²) in [7, 11) is 1.61. The maximum Gasteiger partial charge on any atom is 0.258 e. The van der Waals surface area contributed by atoms with E-state index in [2.05, 4.69) is 10.3 Å². The van der Waals surface area contributed by atoms with E-state index in [4.69, 9.17) is 4.74 Å². The number of H-pyrrole nitrogens is 1. The van der Waals surface area contributed by atoms with E-state index >= 15 is 0 Å². The predicted molar refractivity (Wildman–Crippen MR) is 84.0 cm³/mol. The maximum absolute atomic E-state index is 12.5. The Kier molecular flexibility index (Phi) is 3.36. The van der Waals surface area contributed by atoms with E-state index in [9.17, 15) is 4.79 Å². The molecule has 1 amide bonds. The predicted octanol–water partition coefficient (Wildman–Crippen LogP) is 3.74. The summed E-state index contributed by atoms with van der Waals surface area (Å²) in [6.45, 7) is 1.91. The molecular formula is C17H16N2O2. The first-order valence-corrected chi connectivity index (χ1v) is 6.72. The van der Waals surface area contributed by atoms with Gasteiger partial charge in [-0.25, -0.2) is 0 Å². The first kappa shape index (κ1) is 13.2. The molecule has 0 spiro atoms. The van der Waals surface area contributed by atoms with Gasteiger partial charge in [0.05, 0.1) is 12.7 Å². The van der Waals surface area contributed by atoms with Gasteiger partial charge in [-0.05, 0) is 37.3 Å². The number of hydrogen-bond acceptors (Lipinski definition) is 2. The molecule has 3 rings (SSSR count). The van der Waals surface area contributed by atoms with Crippen molar-refractivity contribution in [3.63, 3.8) is 0 Å². The summed E-state index contributed by atoms with van der Waals surface area (Å²) in [5.41, 5.74) is 3.25. The Labute approximate surface area is 122 Å². The lowest BCUT2D eigenvalue weighted by atomic mass is 10.1. The number of benzene rings is 2. The standard InChI is InChI=1S/C17H16N2O2/c1-11-16(14-5-3-4-6-15(14)18-11)17(20)19-12-7-9-13(21-2)10-8-12/h3-10,18H,1-2H3,(H,19,20). The molecule has 0 saturated heterocycles. The van der Waals surface area contributed by atoms with Gasteiger partial charge in [0.2, 0.25) is 0 Å². The molecule has 0 aliphatic carbocycles. The third-order valence-corrected chi connectivity index (χ3v) is 3.47. The average molecular weight is 280 g/mol. The minimum Gasteiger partial charge on any atom is -0.497 e. The number of carbonyl (C=O) groups excluding carboxylic acids is 1. The Bertz CT molecular complexity index is 788. The van der Waals surface area contributed by atoms with Crippen LogP contribution in [0.3, 0.4) is 0 Å². The van der Waals surface area contributed by atoms with Crippen LogP contribution in [0.4, 0.5) is 5.69 Å². The van der Waals surface area contributed by atoms with E-state index in [-0.39, 0.29) is 5.91 Å². The molecule has 0 saturated carbocycles. The summed E-state index contributed by atoms with van der Waals surface area (Å²) < 4.78 is 5.11. The highest BCUT2D eigenvalue weighted by atomic mass is 16.5. The fourth-order valence-corrected chi connectivity index (χ4v) is 2.44. The fraction of sp³-hybridized carbons (Fsp3) is 0.118. The second-order valence-electron chi connectivity index (χ2n) is 4.85. The van der Waals surface area contributed by atoms with Gasteiger partial charge in [-0.15, -0.1) is 0 Å². The molecule has 2 N–H and O–H groups in total. The third-order valence-electron chi connectivity index (χ3n) is 3.47. The summed E-state index contributed by atoms with van der Waals surface area (Å²) >= 11 is 0. The van der Waals surface area contributed by atoms with E-state index in [0.717, 1.165) is 28.0 Å². The number of fused-ring (bicyclic) bond motifs is 1. The van der Waals surface area contributed by atoms with Crippen LogP contribution in [0.2, 0.25) is 0 Å². The number of aromatic amines is 1. The first-order chi connectivity index (χ1) is 10.2. The summed E-state index contributed by atoms with van der Waals surface area (Å²) in [6, 6.07) is 15.1. The van der Waals surface area contributed by atoms with Gasteiger partial charge in [-0.1, -0.05) is 18.2 Å². The number of carbonyl (C=O) groups is 1. The van der Waals surface area contributed by atoms with Crippen molar-refractivity contribution >= 4 is 22.5 Å². The van der Waals surface area contributed by atoms with E-state index in [1.807, 2.05) is 55.5 Å². The van der Waals surface area contributed by atoms with Crippen molar-refractivity contribution in [1.29, 1.82) is 0 Å². The zero-order valence-corrected chi connectivity index (χ0v) is 11.9. The Morgan fingerprint density at radius 1 is 1.10 bits per heavy atom. The molecule has 4 heteroatoms. The first-order valence-electron chi connectivity index (χ1n) is 6.72. The smallest absolute Gasteiger partial charge is 0.258 e. The lowest BCUT2D eigenvalue weighted by molar-refractivity contribution is 0.102. The summed E-state index contributed by atoms with van der Waals surface area (Å²) in [5.74, 6) is 0.645. The Morgan fingerprint density at radius 3 is 2.52 bits per heavy atom. The van der Waals surface area contributed by atoms with E-state index < -0.39 is 0 Å². The minimum absolute atomic E-state index is 0.116. The van der Waals surface area contributed by atoms with Crippen LogP contribution in [-0.2, 0) is 0 Å². The molecule has 1 aromatic heterocycles. The number of hydrogen-bond donors (Lipinski definition) is 2. The van der Waals surface area contributed by atoms with Crippen molar-refractivity contribution in [3.8, 4) is 5.75 Å². The van der Waals surface area contributed by atoms with Gasteiger partial charge >= 0.3 is 0 Å². The summed E-state index contributed by atoms with van der Waals surface area (Å²) in [5, 5.41) is 3.85. The van der Waals surface area contributed by atoms with Crippen LogP contribution in [0.25, 0.3) is 10.9 Å². The molecule has 106 valence electrons. The van der Waals surface area contributed by atoms with Crippen LogP contribution in [0.15, 0.2) is 48.5 Å². The zero-order valence-electron chi connectivity index (χ0n) is 11.9. The van der Waals surface area contributed by atoms with Crippen molar-refractivity contribution in [3.05, 3.63) is 59.8 Å². The van der Waals surface area contributed by atoms with Crippen molar-refractivity contribution in [2.75, 3.05) is 12.4 Å². The molecule has 2 aromatic carbocycles. The number of ether oxygens (including phenoxy) is 1. The monoisotopic (exact) mass is 280 g/mol. The fourth-order valence-electron chi connectivity index (χ4n) is 2.44. The van der Waals surface area contributed by atoms with E-state index in [0.29, 0.717) is 5.56 Å².